The Morgan fingerprint density at radius 3 is 2.44 bits per heavy atom. The van der Waals surface area contributed by atoms with E-state index in [0.717, 1.165) is 30.9 Å². The first-order valence-corrected chi connectivity index (χ1v) is 9.08. The number of nitrogens with one attached hydrogen (secondary N) is 1. The topological polar surface area (TPSA) is 70.6 Å². The molecule has 1 amide bonds. The number of rotatable bonds is 6. The van der Waals surface area contributed by atoms with Gasteiger partial charge in [-0.1, -0.05) is 12.1 Å². The second kappa shape index (κ2) is 8.35. The molecule has 2 atom stereocenters. The summed E-state index contributed by atoms with van der Waals surface area (Å²) in [5.41, 5.74) is 2.27. The zero-order valence-electron chi connectivity index (χ0n) is 16.3. The smallest absolute Gasteiger partial charge is 0.224 e. The molecule has 0 aliphatic carbocycles. The monoisotopic (exact) mass is 369 g/mol. The Balaban J connectivity index is 1.72. The van der Waals surface area contributed by atoms with Gasteiger partial charge in [-0.3, -0.25) is 9.69 Å². The third-order valence-electron chi connectivity index (χ3n) is 4.83. The first-order valence-electron chi connectivity index (χ1n) is 9.08. The molecule has 1 aromatic carbocycles. The highest BCUT2D eigenvalue weighted by atomic mass is 16.5. The summed E-state index contributed by atoms with van der Waals surface area (Å²) in [6, 6.07) is 8.18. The molecule has 7 heteroatoms. The fraction of sp³-hybridized carbons (Fsp3) is 0.450. The van der Waals surface area contributed by atoms with E-state index in [4.69, 9.17) is 4.74 Å². The maximum absolute atomic E-state index is 11.7. The second-order valence-corrected chi connectivity index (χ2v) is 7.17. The maximum Gasteiger partial charge on any atom is 0.224 e. The van der Waals surface area contributed by atoms with Crippen LogP contribution in [0.25, 0.3) is 0 Å². The van der Waals surface area contributed by atoms with Crippen LogP contribution in [0.5, 0.6) is 5.75 Å². The molecular formula is C20H27N5O2. The molecule has 0 unspecified atom stereocenters. The van der Waals surface area contributed by atoms with E-state index in [-0.39, 0.29) is 17.9 Å². The summed E-state index contributed by atoms with van der Waals surface area (Å²) < 4.78 is 5.25. The molecule has 0 radical (unpaired) electrons. The standard InChI is InChI=1S/C20H27N5O2/c1-14(26)23-19-13-25(11-15-9-21-20(22-10-15)24(2)3)12-18(19)16-5-7-17(27-4)8-6-16/h5-10,18-19H,11-13H2,1-4H3,(H,23,26)/t18-,19+/m1/s1. The van der Waals surface area contributed by atoms with Gasteiger partial charge in [0.25, 0.3) is 0 Å². The van der Waals surface area contributed by atoms with E-state index in [1.165, 1.54) is 5.56 Å². The largest absolute Gasteiger partial charge is 0.497 e. The summed E-state index contributed by atoms with van der Waals surface area (Å²) in [7, 11) is 5.51. The third-order valence-corrected chi connectivity index (χ3v) is 4.83. The van der Waals surface area contributed by atoms with Crippen LogP contribution in [0, 0.1) is 0 Å². The Kier molecular flexibility index (Phi) is 5.91. The van der Waals surface area contributed by atoms with Crippen molar-refractivity contribution >= 4 is 11.9 Å². The van der Waals surface area contributed by atoms with Crippen molar-refractivity contribution in [3.05, 3.63) is 47.8 Å². The maximum atomic E-state index is 11.7. The van der Waals surface area contributed by atoms with Crippen LogP contribution >= 0.6 is 0 Å². The molecule has 3 rings (SSSR count). The molecule has 2 heterocycles. The van der Waals surface area contributed by atoms with Gasteiger partial charge in [-0.15, -0.1) is 0 Å². The number of hydrogen-bond acceptors (Lipinski definition) is 6. The lowest BCUT2D eigenvalue weighted by atomic mass is 9.94. The molecule has 0 bridgehead atoms. The molecule has 1 fully saturated rings. The predicted molar refractivity (Wildman–Crippen MR) is 105 cm³/mol. The van der Waals surface area contributed by atoms with Crippen LogP contribution in [-0.4, -0.2) is 61.1 Å². The van der Waals surface area contributed by atoms with E-state index in [9.17, 15) is 4.79 Å². The molecule has 0 saturated carbocycles. The summed E-state index contributed by atoms with van der Waals surface area (Å²) in [5, 5.41) is 3.11. The van der Waals surface area contributed by atoms with Gasteiger partial charge >= 0.3 is 0 Å². The zero-order valence-corrected chi connectivity index (χ0v) is 16.3. The van der Waals surface area contributed by atoms with Gasteiger partial charge in [0.2, 0.25) is 11.9 Å². The minimum atomic E-state index is -0.000897. The summed E-state index contributed by atoms with van der Waals surface area (Å²) in [6.07, 6.45) is 3.74. The Hall–Kier alpha value is -2.67. The molecule has 1 aliphatic heterocycles. The van der Waals surface area contributed by atoms with Crippen molar-refractivity contribution in [3.63, 3.8) is 0 Å². The number of benzene rings is 1. The van der Waals surface area contributed by atoms with Crippen LogP contribution < -0.4 is 15.0 Å². The zero-order chi connectivity index (χ0) is 19.4. The van der Waals surface area contributed by atoms with E-state index in [1.807, 2.05) is 43.5 Å². The molecule has 1 N–H and O–H groups in total. The second-order valence-electron chi connectivity index (χ2n) is 7.17. The Labute approximate surface area is 160 Å². The van der Waals surface area contributed by atoms with Crippen molar-refractivity contribution in [1.82, 2.24) is 20.2 Å². The number of likely N-dealkylation sites (tertiary alicyclic amines) is 1. The number of methoxy groups -OCH3 is 1. The summed E-state index contributed by atoms with van der Waals surface area (Å²) in [6.45, 7) is 4.00. The lowest BCUT2D eigenvalue weighted by molar-refractivity contribution is -0.119. The Morgan fingerprint density at radius 1 is 1.22 bits per heavy atom. The first-order chi connectivity index (χ1) is 13.0. The number of anilines is 1. The first kappa shape index (κ1) is 19.1. The van der Waals surface area contributed by atoms with Gasteiger partial charge in [0, 0.05) is 70.6 Å². The highest BCUT2D eigenvalue weighted by molar-refractivity contribution is 5.73. The van der Waals surface area contributed by atoms with Crippen LogP contribution in [0.2, 0.25) is 0 Å². The SMILES string of the molecule is COc1ccc([C@H]2CN(Cc3cnc(N(C)C)nc3)C[C@@H]2NC(C)=O)cc1. The highest BCUT2D eigenvalue weighted by Crippen LogP contribution is 2.30. The third kappa shape index (κ3) is 4.74. The number of nitrogens with zero attached hydrogens (tertiary/aromatic N) is 4. The molecule has 1 aliphatic rings. The quantitative estimate of drug-likeness (QED) is 0.835. The number of aromatic nitrogens is 2. The lowest BCUT2D eigenvalue weighted by Gasteiger charge is -2.19. The van der Waals surface area contributed by atoms with E-state index in [2.05, 4.69) is 32.3 Å². The molecular weight excluding hydrogens is 342 g/mol. The van der Waals surface area contributed by atoms with Crippen LogP contribution in [0.15, 0.2) is 36.7 Å². The van der Waals surface area contributed by atoms with Crippen LogP contribution in [0.1, 0.15) is 24.0 Å². The van der Waals surface area contributed by atoms with E-state index in [1.54, 1.807) is 14.0 Å². The van der Waals surface area contributed by atoms with Gasteiger partial charge in [0.1, 0.15) is 5.75 Å². The van der Waals surface area contributed by atoms with Gasteiger partial charge < -0.3 is 15.0 Å². The van der Waals surface area contributed by atoms with Gasteiger partial charge in [0.05, 0.1) is 7.11 Å². The lowest BCUT2D eigenvalue weighted by Crippen LogP contribution is -2.38. The van der Waals surface area contributed by atoms with Gasteiger partial charge in [-0.25, -0.2) is 9.97 Å². The molecule has 7 nitrogen and oxygen atoms in total. The van der Waals surface area contributed by atoms with Crippen molar-refractivity contribution < 1.29 is 9.53 Å². The average Bonchev–Trinajstić information content (AvgIpc) is 3.03. The summed E-state index contributed by atoms with van der Waals surface area (Å²) in [5.74, 6) is 1.77. The summed E-state index contributed by atoms with van der Waals surface area (Å²) in [4.78, 5) is 24.7. The van der Waals surface area contributed by atoms with Crippen molar-refractivity contribution in [1.29, 1.82) is 0 Å². The van der Waals surface area contributed by atoms with E-state index in [0.29, 0.717) is 5.95 Å². The average molecular weight is 369 g/mol. The van der Waals surface area contributed by atoms with Crippen molar-refractivity contribution in [2.45, 2.75) is 25.4 Å². The van der Waals surface area contributed by atoms with Crippen molar-refractivity contribution in [2.75, 3.05) is 39.2 Å². The van der Waals surface area contributed by atoms with Gasteiger partial charge in [-0.05, 0) is 17.7 Å². The summed E-state index contributed by atoms with van der Waals surface area (Å²) >= 11 is 0. The Morgan fingerprint density at radius 2 is 1.89 bits per heavy atom. The highest BCUT2D eigenvalue weighted by Gasteiger charge is 2.34. The molecule has 1 saturated heterocycles. The fourth-order valence-electron chi connectivity index (χ4n) is 3.53. The van der Waals surface area contributed by atoms with E-state index < -0.39 is 0 Å². The normalized spacial score (nSPS) is 19.7. The van der Waals surface area contributed by atoms with Gasteiger partial charge in [0.15, 0.2) is 0 Å². The minimum Gasteiger partial charge on any atom is -0.497 e. The fourth-order valence-corrected chi connectivity index (χ4v) is 3.53. The number of ether oxygens (including phenoxy) is 1. The number of hydrogen-bond donors (Lipinski definition) is 1. The Bertz CT molecular complexity index is 761. The molecule has 27 heavy (non-hydrogen) atoms. The van der Waals surface area contributed by atoms with Crippen LogP contribution in [0.3, 0.4) is 0 Å². The molecule has 144 valence electrons. The predicted octanol–water partition coefficient (Wildman–Crippen LogP) is 1.66. The van der Waals surface area contributed by atoms with Crippen molar-refractivity contribution in [3.8, 4) is 5.75 Å². The van der Waals surface area contributed by atoms with Crippen molar-refractivity contribution in [2.24, 2.45) is 0 Å². The number of carbonyl (C=O) groups is 1. The molecule has 1 aromatic heterocycles. The number of amides is 1. The molecule has 0 spiro atoms. The van der Waals surface area contributed by atoms with E-state index >= 15 is 0 Å². The minimum absolute atomic E-state index is 0.000897. The molecule has 2 aromatic rings. The van der Waals surface area contributed by atoms with Gasteiger partial charge in [-0.2, -0.15) is 0 Å². The number of carbonyl (C=O) groups excluding carboxylic acids is 1. The van der Waals surface area contributed by atoms with Crippen LogP contribution in [-0.2, 0) is 11.3 Å². The van der Waals surface area contributed by atoms with Crippen LogP contribution in [0.4, 0.5) is 5.95 Å².